The van der Waals surface area contributed by atoms with Crippen LogP contribution in [0.4, 0.5) is 5.69 Å². The monoisotopic (exact) mass is 247 g/mol. The smallest absolute Gasteiger partial charge is 0.235 e. The molecular formula is C15H21NO2. The molecule has 1 aromatic carbocycles. The molecule has 0 N–H and O–H groups in total. The molecule has 2 rings (SSSR count). The van der Waals surface area contributed by atoms with E-state index in [-0.39, 0.29) is 5.91 Å². The molecule has 0 aromatic heterocycles. The molecule has 0 saturated heterocycles. The van der Waals surface area contributed by atoms with E-state index in [1.54, 1.807) is 4.90 Å². The summed E-state index contributed by atoms with van der Waals surface area (Å²) in [5.74, 6) is 0.953. The number of amides is 1. The standard InChI is InChI=1S/C15H21NO2/c1-9-7-10(2)13-12(11(9)3)16(6)14(17)15(4,5)8-18-13/h7H,8H2,1-6H3. The van der Waals surface area contributed by atoms with Crippen LogP contribution < -0.4 is 9.64 Å². The summed E-state index contributed by atoms with van der Waals surface area (Å²) in [6.07, 6.45) is 0. The summed E-state index contributed by atoms with van der Waals surface area (Å²) in [6.45, 7) is 10.4. The van der Waals surface area contributed by atoms with Crippen LogP contribution in [0.15, 0.2) is 6.07 Å². The molecule has 1 aromatic rings. The van der Waals surface area contributed by atoms with Gasteiger partial charge in [0.25, 0.3) is 0 Å². The van der Waals surface area contributed by atoms with Gasteiger partial charge in [0.2, 0.25) is 5.91 Å². The van der Waals surface area contributed by atoms with Gasteiger partial charge in [-0.05, 0) is 51.3 Å². The lowest BCUT2D eigenvalue weighted by atomic mass is 9.93. The minimum Gasteiger partial charge on any atom is -0.490 e. The molecule has 0 unspecified atom stereocenters. The Bertz CT molecular complexity index is 518. The molecule has 3 nitrogen and oxygen atoms in total. The molecule has 1 heterocycles. The zero-order chi connectivity index (χ0) is 13.7. The first-order chi connectivity index (χ1) is 8.25. The lowest BCUT2D eigenvalue weighted by Gasteiger charge is -2.25. The SMILES string of the molecule is Cc1cc(C)c2c(c1C)N(C)C(=O)C(C)(C)CO2. The first-order valence-corrected chi connectivity index (χ1v) is 6.27. The van der Waals surface area contributed by atoms with E-state index in [1.165, 1.54) is 5.56 Å². The largest absolute Gasteiger partial charge is 0.490 e. The van der Waals surface area contributed by atoms with Crippen molar-refractivity contribution < 1.29 is 9.53 Å². The quantitative estimate of drug-likeness (QED) is 0.705. The van der Waals surface area contributed by atoms with E-state index < -0.39 is 5.41 Å². The van der Waals surface area contributed by atoms with Crippen molar-refractivity contribution in [2.75, 3.05) is 18.6 Å². The van der Waals surface area contributed by atoms with Crippen LogP contribution in [0.1, 0.15) is 30.5 Å². The van der Waals surface area contributed by atoms with Gasteiger partial charge in [-0.3, -0.25) is 4.79 Å². The summed E-state index contributed by atoms with van der Waals surface area (Å²) in [6, 6.07) is 2.12. The maximum atomic E-state index is 12.5. The van der Waals surface area contributed by atoms with Crippen molar-refractivity contribution in [1.82, 2.24) is 0 Å². The van der Waals surface area contributed by atoms with Crippen LogP contribution in [-0.2, 0) is 4.79 Å². The molecule has 98 valence electrons. The van der Waals surface area contributed by atoms with Gasteiger partial charge in [-0.1, -0.05) is 6.07 Å². The summed E-state index contributed by atoms with van der Waals surface area (Å²) >= 11 is 0. The predicted octanol–water partition coefficient (Wildman–Crippen LogP) is 2.99. The van der Waals surface area contributed by atoms with Crippen LogP contribution in [0.25, 0.3) is 0 Å². The number of benzene rings is 1. The van der Waals surface area contributed by atoms with Crippen molar-refractivity contribution in [2.24, 2.45) is 5.41 Å². The summed E-state index contributed by atoms with van der Waals surface area (Å²) in [4.78, 5) is 14.2. The third-order valence-corrected chi connectivity index (χ3v) is 3.75. The van der Waals surface area contributed by atoms with E-state index in [1.807, 2.05) is 34.7 Å². The van der Waals surface area contributed by atoms with Crippen molar-refractivity contribution in [3.8, 4) is 5.75 Å². The molecule has 1 amide bonds. The Morgan fingerprint density at radius 2 is 1.83 bits per heavy atom. The van der Waals surface area contributed by atoms with Crippen molar-refractivity contribution in [3.63, 3.8) is 0 Å². The molecular weight excluding hydrogens is 226 g/mol. The normalized spacial score (nSPS) is 18.1. The molecule has 0 spiro atoms. The van der Waals surface area contributed by atoms with Crippen molar-refractivity contribution >= 4 is 11.6 Å². The molecule has 0 atom stereocenters. The second-order valence-electron chi connectivity index (χ2n) is 5.85. The van der Waals surface area contributed by atoms with Gasteiger partial charge in [-0.2, -0.15) is 0 Å². The lowest BCUT2D eigenvalue weighted by molar-refractivity contribution is -0.127. The zero-order valence-electron chi connectivity index (χ0n) is 12.0. The van der Waals surface area contributed by atoms with Crippen LogP contribution in [-0.4, -0.2) is 19.6 Å². The Hall–Kier alpha value is -1.51. The van der Waals surface area contributed by atoms with E-state index >= 15 is 0 Å². The maximum absolute atomic E-state index is 12.5. The van der Waals surface area contributed by atoms with E-state index in [0.29, 0.717) is 6.61 Å². The number of rotatable bonds is 0. The second-order valence-corrected chi connectivity index (χ2v) is 5.85. The van der Waals surface area contributed by atoms with Gasteiger partial charge in [-0.25, -0.2) is 0 Å². The highest BCUT2D eigenvalue weighted by molar-refractivity contribution is 6.00. The number of anilines is 1. The molecule has 0 aliphatic carbocycles. The molecule has 0 radical (unpaired) electrons. The number of aryl methyl sites for hydroxylation is 2. The molecule has 1 aliphatic rings. The Labute approximate surface area is 109 Å². The Balaban J connectivity index is 2.69. The molecule has 0 bridgehead atoms. The Kier molecular flexibility index (Phi) is 2.88. The average Bonchev–Trinajstić information content (AvgIpc) is 2.37. The van der Waals surface area contributed by atoms with Gasteiger partial charge >= 0.3 is 0 Å². The number of carbonyl (C=O) groups excluding carboxylic acids is 1. The summed E-state index contributed by atoms with van der Waals surface area (Å²) in [7, 11) is 1.84. The third-order valence-electron chi connectivity index (χ3n) is 3.75. The van der Waals surface area contributed by atoms with Crippen LogP contribution in [0, 0.1) is 26.2 Å². The summed E-state index contributed by atoms with van der Waals surface area (Å²) < 4.78 is 5.91. The van der Waals surface area contributed by atoms with Crippen molar-refractivity contribution in [2.45, 2.75) is 34.6 Å². The number of ether oxygens (including phenoxy) is 1. The highest BCUT2D eigenvalue weighted by Gasteiger charge is 2.37. The van der Waals surface area contributed by atoms with Crippen LogP contribution in [0.3, 0.4) is 0 Å². The van der Waals surface area contributed by atoms with Gasteiger partial charge in [0.05, 0.1) is 11.1 Å². The van der Waals surface area contributed by atoms with Gasteiger partial charge in [-0.15, -0.1) is 0 Å². The summed E-state index contributed by atoms with van der Waals surface area (Å²) in [5, 5.41) is 0. The van der Waals surface area contributed by atoms with Gasteiger partial charge < -0.3 is 9.64 Å². The van der Waals surface area contributed by atoms with E-state index in [9.17, 15) is 4.79 Å². The molecule has 3 heteroatoms. The predicted molar refractivity (Wildman–Crippen MR) is 73.3 cm³/mol. The van der Waals surface area contributed by atoms with E-state index in [2.05, 4.69) is 13.0 Å². The van der Waals surface area contributed by atoms with Crippen molar-refractivity contribution in [1.29, 1.82) is 0 Å². The number of fused-ring (bicyclic) bond motifs is 1. The number of hydrogen-bond donors (Lipinski definition) is 0. The fourth-order valence-corrected chi connectivity index (χ4v) is 2.50. The molecule has 0 fully saturated rings. The van der Waals surface area contributed by atoms with Crippen LogP contribution >= 0.6 is 0 Å². The number of nitrogens with zero attached hydrogens (tertiary/aromatic N) is 1. The lowest BCUT2D eigenvalue weighted by Crippen LogP contribution is -2.40. The van der Waals surface area contributed by atoms with Crippen molar-refractivity contribution in [3.05, 3.63) is 22.8 Å². The number of carbonyl (C=O) groups is 1. The number of hydrogen-bond acceptors (Lipinski definition) is 2. The second kappa shape index (κ2) is 4.01. The highest BCUT2D eigenvalue weighted by atomic mass is 16.5. The van der Waals surface area contributed by atoms with Crippen LogP contribution in [0.2, 0.25) is 0 Å². The molecule has 1 aliphatic heterocycles. The van der Waals surface area contributed by atoms with Gasteiger partial charge in [0, 0.05) is 7.05 Å². The fourth-order valence-electron chi connectivity index (χ4n) is 2.50. The third kappa shape index (κ3) is 1.78. The first kappa shape index (κ1) is 12.9. The van der Waals surface area contributed by atoms with E-state index in [0.717, 1.165) is 22.6 Å². The topological polar surface area (TPSA) is 29.5 Å². The minimum atomic E-state index is -0.486. The van der Waals surface area contributed by atoms with E-state index in [4.69, 9.17) is 4.74 Å². The molecule has 18 heavy (non-hydrogen) atoms. The van der Waals surface area contributed by atoms with Gasteiger partial charge in [0.15, 0.2) is 0 Å². The first-order valence-electron chi connectivity index (χ1n) is 6.27. The fraction of sp³-hybridized carbons (Fsp3) is 0.533. The minimum absolute atomic E-state index is 0.106. The maximum Gasteiger partial charge on any atom is 0.235 e. The van der Waals surface area contributed by atoms with Crippen LogP contribution in [0.5, 0.6) is 5.75 Å². The molecule has 0 saturated carbocycles. The van der Waals surface area contributed by atoms with Gasteiger partial charge in [0.1, 0.15) is 12.4 Å². The summed E-state index contributed by atoms with van der Waals surface area (Å²) in [5.41, 5.74) is 3.83. The zero-order valence-corrected chi connectivity index (χ0v) is 12.0. The Morgan fingerprint density at radius 1 is 1.22 bits per heavy atom. The highest BCUT2D eigenvalue weighted by Crippen LogP contribution is 2.41. The average molecular weight is 247 g/mol. The Morgan fingerprint density at radius 3 is 2.44 bits per heavy atom.